The number of anilines is 2. The number of carbonyl (C=O) groups excluding carboxylic acids is 2. The van der Waals surface area contributed by atoms with E-state index in [1.165, 1.54) is 25.3 Å². The molecule has 1 aromatic heterocycles. The Hall–Kier alpha value is -4.02. The quantitative estimate of drug-likeness (QED) is 0.604. The van der Waals surface area contributed by atoms with Gasteiger partial charge in [-0.2, -0.15) is 18.3 Å². The third-order valence-corrected chi connectivity index (χ3v) is 4.57. The number of methoxy groups -OCH3 is 1. The lowest BCUT2D eigenvalue weighted by Crippen LogP contribution is -2.20. The van der Waals surface area contributed by atoms with Crippen LogP contribution in [0.4, 0.5) is 24.5 Å². The molecule has 3 rings (SSSR count). The molecule has 0 fully saturated rings. The van der Waals surface area contributed by atoms with E-state index in [0.717, 1.165) is 10.4 Å². The predicted octanol–water partition coefficient (Wildman–Crippen LogP) is 3.32. The number of hydrogen-bond donors (Lipinski definition) is 2. The number of alkyl halides is 3. The lowest BCUT2D eigenvalue weighted by Gasteiger charge is -2.14. The lowest BCUT2D eigenvalue weighted by molar-refractivity contribution is -0.141. The van der Waals surface area contributed by atoms with E-state index in [1.807, 2.05) is 19.0 Å². The van der Waals surface area contributed by atoms with Crippen LogP contribution in [0.3, 0.4) is 0 Å². The fraction of sp³-hybridized carbons (Fsp3) is 0.190. The molecule has 3 aromatic rings. The summed E-state index contributed by atoms with van der Waals surface area (Å²) < 4.78 is 45.9. The normalized spacial score (nSPS) is 11.2. The van der Waals surface area contributed by atoms with E-state index in [2.05, 4.69) is 10.4 Å². The van der Waals surface area contributed by atoms with Crippen molar-refractivity contribution in [2.24, 2.45) is 5.73 Å². The van der Waals surface area contributed by atoms with Gasteiger partial charge in [-0.05, 0) is 42.5 Å². The van der Waals surface area contributed by atoms with E-state index in [0.29, 0.717) is 11.8 Å². The highest BCUT2D eigenvalue weighted by Crippen LogP contribution is 2.31. The molecule has 2 aromatic carbocycles. The van der Waals surface area contributed by atoms with Gasteiger partial charge in [-0.3, -0.25) is 9.59 Å². The summed E-state index contributed by atoms with van der Waals surface area (Å²) in [4.78, 5) is 26.7. The van der Waals surface area contributed by atoms with E-state index in [-0.39, 0.29) is 17.0 Å². The van der Waals surface area contributed by atoms with Crippen LogP contribution in [0.15, 0.2) is 48.5 Å². The smallest absolute Gasteiger partial charge is 0.435 e. The van der Waals surface area contributed by atoms with E-state index in [9.17, 15) is 22.8 Å². The van der Waals surface area contributed by atoms with Gasteiger partial charge in [0.05, 0.1) is 18.4 Å². The van der Waals surface area contributed by atoms with Crippen LogP contribution in [0.2, 0.25) is 0 Å². The number of carbonyl (C=O) groups is 2. The average molecular weight is 447 g/mol. The molecule has 0 saturated carbocycles. The van der Waals surface area contributed by atoms with Gasteiger partial charge in [0.2, 0.25) is 0 Å². The molecule has 168 valence electrons. The highest BCUT2D eigenvalue weighted by Gasteiger charge is 2.36. The van der Waals surface area contributed by atoms with Gasteiger partial charge in [0.15, 0.2) is 5.69 Å². The standard InChI is InChI=1S/C21H20F3N5O3/c1-28(2)13-6-4-12(5-7-13)26-20(31)17-11-18(21(22,23)24)27-29(17)16-9-8-14(32-3)10-15(16)19(25)30/h4-11H,1-3H3,(H2,25,30)(H,26,31). The largest absolute Gasteiger partial charge is 0.497 e. The molecule has 2 amide bonds. The molecule has 3 N–H and O–H groups in total. The minimum absolute atomic E-state index is 0.0955. The zero-order chi connectivity index (χ0) is 23.6. The SMILES string of the molecule is COc1ccc(-n2nc(C(F)(F)F)cc2C(=O)Nc2ccc(N(C)C)cc2)c(C(N)=O)c1. The predicted molar refractivity (Wildman–Crippen MR) is 112 cm³/mol. The number of nitrogens with one attached hydrogen (secondary N) is 1. The first kappa shape index (κ1) is 22.7. The Kier molecular flexibility index (Phi) is 6.10. The maximum absolute atomic E-state index is 13.4. The molecule has 0 saturated heterocycles. The Labute approximate surface area is 181 Å². The van der Waals surface area contributed by atoms with Gasteiger partial charge in [0.25, 0.3) is 11.8 Å². The number of halogens is 3. The molecule has 1 heterocycles. The summed E-state index contributed by atoms with van der Waals surface area (Å²) in [7, 11) is 5.04. The summed E-state index contributed by atoms with van der Waals surface area (Å²) >= 11 is 0. The summed E-state index contributed by atoms with van der Waals surface area (Å²) in [5.41, 5.74) is 4.65. The van der Waals surface area contributed by atoms with Crippen LogP contribution < -0.4 is 20.7 Å². The zero-order valence-electron chi connectivity index (χ0n) is 17.4. The van der Waals surface area contributed by atoms with Gasteiger partial charge in [0, 0.05) is 31.5 Å². The molecule has 32 heavy (non-hydrogen) atoms. The second-order valence-corrected chi connectivity index (χ2v) is 6.97. The highest BCUT2D eigenvalue weighted by molar-refractivity contribution is 6.04. The number of rotatable bonds is 6. The second kappa shape index (κ2) is 8.61. The zero-order valence-corrected chi connectivity index (χ0v) is 17.4. The first-order valence-corrected chi connectivity index (χ1v) is 9.25. The lowest BCUT2D eigenvalue weighted by atomic mass is 10.1. The van der Waals surface area contributed by atoms with Crippen molar-refractivity contribution in [1.82, 2.24) is 9.78 Å². The number of aromatic nitrogens is 2. The van der Waals surface area contributed by atoms with E-state index in [1.54, 1.807) is 24.3 Å². The minimum Gasteiger partial charge on any atom is -0.497 e. The van der Waals surface area contributed by atoms with Crippen molar-refractivity contribution in [3.63, 3.8) is 0 Å². The van der Waals surface area contributed by atoms with E-state index < -0.39 is 29.4 Å². The summed E-state index contributed by atoms with van der Waals surface area (Å²) in [6, 6.07) is 11.3. The van der Waals surface area contributed by atoms with Crippen LogP contribution in [0.5, 0.6) is 5.75 Å². The maximum Gasteiger partial charge on any atom is 0.435 e. The summed E-state index contributed by atoms with van der Waals surface area (Å²) in [5, 5.41) is 6.07. The summed E-state index contributed by atoms with van der Waals surface area (Å²) in [6.45, 7) is 0. The van der Waals surface area contributed by atoms with Crippen molar-refractivity contribution >= 4 is 23.2 Å². The molecule has 0 aliphatic carbocycles. The molecule has 0 radical (unpaired) electrons. The monoisotopic (exact) mass is 447 g/mol. The van der Waals surface area contributed by atoms with Crippen molar-refractivity contribution < 1.29 is 27.5 Å². The topological polar surface area (TPSA) is 102 Å². The van der Waals surface area contributed by atoms with Gasteiger partial charge in [-0.15, -0.1) is 0 Å². The molecule has 0 aliphatic heterocycles. The molecule has 0 bridgehead atoms. The fourth-order valence-corrected chi connectivity index (χ4v) is 2.93. The molecule has 0 aliphatic rings. The number of amides is 2. The summed E-state index contributed by atoms with van der Waals surface area (Å²) in [6.07, 6.45) is -4.81. The van der Waals surface area contributed by atoms with Gasteiger partial charge in [-0.25, -0.2) is 4.68 Å². The summed E-state index contributed by atoms with van der Waals surface area (Å²) in [5.74, 6) is -1.51. The molecule has 8 nitrogen and oxygen atoms in total. The van der Waals surface area contributed by atoms with Crippen LogP contribution in [0.1, 0.15) is 26.5 Å². The van der Waals surface area contributed by atoms with Crippen LogP contribution in [0.25, 0.3) is 5.69 Å². The van der Waals surface area contributed by atoms with Crippen LogP contribution in [0, 0.1) is 0 Å². The Balaban J connectivity index is 2.07. The van der Waals surface area contributed by atoms with Crippen molar-refractivity contribution in [1.29, 1.82) is 0 Å². The van der Waals surface area contributed by atoms with Gasteiger partial charge >= 0.3 is 6.18 Å². The molecular formula is C21H20F3N5O3. The van der Waals surface area contributed by atoms with Gasteiger partial charge in [-0.1, -0.05) is 0 Å². The van der Waals surface area contributed by atoms with Crippen molar-refractivity contribution in [3.8, 4) is 11.4 Å². The second-order valence-electron chi connectivity index (χ2n) is 6.97. The minimum atomic E-state index is -4.81. The number of hydrogen-bond acceptors (Lipinski definition) is 5. The molecule has 0 spiro atoms. The fourth-order valence-electron chi connectivity index (χ4n) is 2.93. The third kappa shape index (κ3) is 4.66. The van der Waals surface area contributed by atoms with Crippen LogP contribution in [-0.2, 0) is 6.18 Å². The Morgan fingerprint density at radius 2 is 1.75 bits per heavy atom. The molecule has 0 unspecified atom stereocenters. The number of benzene rings is 2. The Morgan fingerprint density at radius 3 is 2.28 bits per heavy atom. The number of nitrogens with two attached hydrogens (primary N) is 1. The molecule has 0 atom stereocenters. The first-order chi connectivity index (χ1) is 15.0. The van der Waals surface area contributed by atoms with Crippen LogP contribution >= 0.6 is 0 Å². The Bertz CT molecular complexity index is 1150. The number of ether oxygens (including phenoxy) is 1. The van der Waals surface area contributed by atoms with Crippen molar-refractivity contribution in [2.45, 2.75) is 6.18 Å². The molecular weight excluding hydrogens is 427 g/mol. The third-order valence-electron chi connectivity index (χ3n) is 4.57. The highest BCUT2D eigenvalue weighted by atomic mass is 19.4. The van der Waals surface area contributed by atoms with E-state index >= 15 is 0 Å². The van der Waals surface area contributed by atoms with Crippen molar-refractivity contribution in [2.75, 3.05) is 31.4 Å². The van der Waals surface area contributed by atoms with Gasteiger partial charge in [0.1, 0.15) is 11.4 Å². The van der Waals surface area contributed by atoms with E-state index in [4.69, 9.17) is 10.5 Å². The van der Waals surface area contributed by atoms with Gasteiger partial charge < -0.3 is 20.7 Å². The Morgan fingerprint density at radius 1 is 1.09 bits per heavy atom. The van der Waals surface area contributed by atoms with Crippen molar-refractivity contribution in [3.05, 3.63) is 65.5 Å². The molecule has 11 heteroatoms. The number of primary amides is 1. The maximum atomic E-state index is 13.4. The average Bonchev–Trinajstić information content (AvgIpc) is 3.19. The number of nitrogens with zero attached hydrogens (tertiary/aromatic N) is 3. The van der Waals surface area contributed by atoms with Crippen LogP contribution in [-0.4, -0.2) is 42.8 Å². The first-order valence-electron chi connectivity index (χ1n) is 9.25.